The number of rotatable bonds is 8. The van der Waals surface area contributed by atoms with Gasteiger partial charge in [0.2, 0.25) is 0 Å². The molecular weight excluding hydrogens is 210 g/mol. The van der Waals surface area contributed by atoms with Crippen molar-refractivity contribution in [2.24, 2.45) is 5.92 Å². The minimum absolute atomic E-state index is 0.466. The number of hydrogen-bond donors (Lipinski definition) is 1. The van der Waals surface area contributed by atoms with Crippen LogP contribution in [0.25, 0.3) is 0 Å². The fraction of sp³-hybridized carbons (Fsp3) is 0.600. The molecule has 1 N–H and O–H groups in total. The first-order valence-electron chi connectivity index (χ1n) is 6.55. The number of hydrogen-bond acceptors (Lipinski definition) is 2. The first kappa shape index (κ1) is 14.2. The van der Waals surface area contributed by atoms with Crippen molar-refractivity contribution < 1.29 is 4.74 Å². The largest absolute Gasteiger partial charge is 0.375 e. The minimum atomic E-state index is 0.466. The highest BCUT2D eigenvalue weighted by atomic mass is 16.5. The van der Waals surface area contributed by atoms with E-state index in [1.165, 1.54) is 18.4 Å². The van der Waals surface area contributed by atoms with Crippen LogP contribution in [0.2, 0.25) is 0 Å². The van der Waals surface area contributed by atoms with Crippen LogP contribution in [0.3, 0.4) is 0 Å². The van der Waals surface area contributed by atoms with Gasteiger partial charge < -0.3 is 10.1 Å². The van der Waals surface area contributed by atoms with Gasteiger partial charge in [-0.3, -0.25) is 0 Å². The number of likely N-dealkylation sites (N-methyl/N-ethyl adjacent to an activating group) is 1. The van der Waals surface area contributed by atoms with E-state index in [-0.39, 0.29) is 0 Å². The maximum absolute atomic E-state index is 5.76. The van der Waals surface area contributed by atoms with Crippen molar-refractivity contribution in [1.29, 1.82) is 0 Å². The molecule has 1 aromatic rings. The van der Waals surface area contributed by atoms with Crippen LogP contribution < -0.4 is 5.32 Å². The summed E-state index contributed by atoms with van der Waals surface area (Å²) in [6.07, 6.45) is 2.42. The molecule has 1 rings (SSSR count). The molecule has 0 fully saturated rings. The van der Waals surface area contributed by atoms with Gasteiger partial charge in [0.05, 0.1) is 13.2 Å². The van der Waals surface area contributed by atoms with E-state index in [9.17, 15) is 0 Å². The van der Waals surface area contributed by atoms with Crippen molar-refractivity contribution in [1.82, 2.24) is 5.32 Å². The summed E-state index contributed by atoms with van der Waals surface area (Å²) < 4.78 is 5.76. The highest BCUT2D eigenvalue weighted by Gasteiger charge is 2.10. The van der Waals surface area contributed by atoms with E-state index in [1.54, 1.807) is 0 Å². The lowest BCUT2D eigenvalue weighted by molar-refractivity contribution is 0.0940. The number of ether oxygens (including phenoxy) is 1. The van der Waals surface area contributed by atoms with Crippen LogP contribution in [-0.2, 0) is 11.3 Å². The predicted molar refractivity (Wildman–Crippen MR) is 73.0 cm³/mol. The third-order valence-electron chi connectivity index (χ3n) is 3.22. The fourth-order valence-corrected chi connectivity index (χ4v) is 1.81. The number of benzene rings is 1. The van der Waals surface area contributed by atoms with Crippen LogP contribution in [0, 0.1) is 5.92 Å². The molecule has 2 atom stereocenters. The van der Waals surface area contributed by atoms with Crippen molar-refractivity contribution in [3.63, 3.8) is 0 Å². The van der Waals surface area contributed by atoms with Crippen LogP contribution in [-0.4, -0.2) is 19.7 Å². The zero-order chi connectivity index (χ0) is 12.5. The topological polar surface area (TPSA) is 21.3 Å². The van der Waals surface area contributed by atoms with E-state index in [1.807, 2.05) is 25.2 Å². The Morgan fingerprint density at radius 1 is 1.24 bits per heavy atom. The lowest BCUT2D eigenvalue weighted by Gasteiger charge is -2.19. The molecular formula is C15H25NO. The molecule has 2 unspecified atom stereocenters. The van der Waals surface area contributed by atoms with Crippen LogP contribution in [0.5, 0.6) is 0 Å². The van der Waals surface area contributed by atoms with E-state index >= 15 is 0 Å². The second-order valence-electron chi connectivity index (χ2n) is 4.74. The van der Waals surface area contributed by atoms with E-state index in [0.29, 0.717) is 12.6 Å². The fourth-order valence-electron chi connectivity index (χ4n) is 1.81. The van der Waals surface area contributed by atoms with E-state index < -0.39 is 0 Å². The van der Waals surface area contributed by atoms with E-state index in [4.69, 9.17) is 4.74 Å². The molecule has 17 heavy (non-hydrogen) atoms. The van der Waals surface area contributed by atoms with Crippen molar-refractivity contribution >= 4 is 0 Å². The summed E-state index contributed by atoms with van der Waals surface area (Å²) in [4.78, 5) is 0. The summed E-state index contributed by atoms with van der Waals surface area (Å²) in [5, 5.41) is 3.33. The molecule has 0 saturated heterocycles. The normalized spacial score (nSPS) is 14.5. The van der Waals surface area contributed by atoms with Crippen LogP contribution in [0.1, 0.15) is 32.3 Å². The third kappa shape index (κ3) is 5.85. The maximum Gasteiger partial charge on any atom is 0.0717 e. The Hall–Kier alpha value is -0.860. The second kappa shape index (κ2) is 8.26. The summed E-state index contributed by atoms with van der Waals surface area (Å²) in [6, 6.07) is 10.8. The van der Waals surface area contributed by atoms with Crippen molar-refractivity contribution in [3.8, 4) is 0 Å². The third-order valence-corrected chi connectivity index (χ3v) is 3.22. The van der Waals surface area contributed by atoms with Gasteiger partial charge in [-0.2, -0.15) is 0 Å². The first-order chi connectivity index (χ1) is 8.26. The standard InChI is InChI=1S/C15H25NO/c1-4-13(2)10-15(16-3)12-17-11-14-8-6-5-7-9-14/h5-9,13,15-16H,4,10-12H2,1-3H3. The molecule has 0 radical (unpaired) electrons. The molecule has 0 saturated carbocycles. The summed E-state index contributed by atoms with van der Waals surface area (Å²) >= 11 is 0. The van der Waals surface area contributed by atoms with Gasteiger partial charge in [-0.1, -0.05) is 50.6 Å². The average Bonchev–Trinajstić information content (AvgIpc) is 2.38. The summed E-state index contributed by atoms with van der Waals surface area (Å²) in [7, 11) is 2.01. The van der Waals surface area contributed by atoms with Crippen molar-refractivity contribution in [2.75, 3.05) is 13.7 Å². The van der Waals surface area contributed by atoms with Crippen LogP contribution >= 0.6 is 0 Å². The molecule has 0 aromatic heterocycles. The van der Waals surface area contributed by atoms with Gasteiger partial charge in [0.15, 0.2) is 0 Å². The lowest BCUT2D eigenvalue weighted by atomic mass is 10.00. The summed E-state index contributed by atoms with van der Waals surface area (Å²) in [6.45, 7) is 6.03. The van der Waals surface area contributed by atoms with Crippen LogP contribution in [0.4, 0.5) is 0 Å². The Labute approximate surface area is 105 Å². The zero-order valence-electron chi connectivity index (χ0n) is 11.3. The molecule has 0 spiro atoms. The Morgan fingerprint density at radius 2 is 1.94 bits per heavy atom. The van der Waals surface area contributed by atoms with Gasteiger partial charge in [-0.15, -0.1) is 0 Å². The Kier molecular flexibility index (Phi) is 6.90. The molecule has 1 aromatic carbocycles. The molecule has 0 aliphatic carbocycles. The van der Waals surface area contributed by atoms with E-state index in [0.717, 1.165) is 12.5 Å². The summed E-state index contributed by atoms with van der Waals surface area (Å²) in [5.41, 5.74) is 1.24. The molecule has 2 heteroatoms. The molecule has 0 aliphatic rings. The quantitative estimate of drug-likeness (QED) is 0.747. The van der Waals surface area contributed by atoms with Gasteiger partial charge in [-0.05, 0) is 24.9 Å². The molecule has 2 nitrogen and oxygen atoms in total. The van der Waals surface area contributed by atoms with Crippen LogP contribution in [0.15, 0.2) is 30.3 Å². The molecule has 0 amide bonds. The second-order valence-corrected chi connectivity index (χ2v) is 4.74. The zero-order valence-corrected chi connectivity index (χ0v) is 11.3. The monoisotopic (exact) mass is 235 g/mol. The molecule has 0 bridgehead atoms. The SMILES string of the molecule is CCC(C)CC(COCc1ccccc1)NC. The summed E-state index contributed by atoms with van der Waals surface area (Å²) in [5.74, 6) is 0.757. The smallest absolute Gasteiger partial charge is 0.0717 e. The Morgan fingerprint density at radius 3 is 2.53 bits per heavy atom. The predicted octanol–water partition coefficient (Wildman–Crippen LogP) is 3.23. The van der Waals surface area contributed by atoms with Gasteiger partial charge in [0.25, 0.3) is 0 Å². The van der Waals surface area contributed by atoms with Gasteiger partial charge in [0, 0.05) is 6.04 Å². The average molecular weight is 235 g/mol. The Balaban J connectivity index is 2.24. The molecule has 0 aliphatic heterocycles. The Bertz CT molecular complexity index is 286. The van der Waals surface area contributed by atoms with Gasteiger partial charge in [-0.25, -0.2) is 0 Å². The molecule has 96 valence electrons. The lowest BCUT2D eigenvalue weighted by Crippen LogP contribution is -2.32. The maximum atomic E-state index is 5.76. The number of nitrogens with one attached hydrogen (secondary N) is 1. The first-order valence-corrected chi connectivity index (χ1v) is 6.55. The highest BCUT2D eigenvalue weighted by molar-refractivity contribution is 5.13. The van der Waals surface area contributed by atoms with Gasteiger partial charge in [0.1, 0.15) is 0 Å². The van der Waals surface area contributed by atoms with E-state index in [2.05, 4.69) is 31.3 Å². The van der Waals surface area contributed by atoms with Crippen molar-refractivity contribution in [3.05, 3.63) is 35.9 Å². The van der Waals surface area contributed by atoms with Crippen molar-refractivity contribution in [2.45, 2.75) is 39.3 Å². The highest BCUT2D eigenvalue weighted by Crippen LogP contribution is 2.10. The minimum Gasteiger partial charge on any atom is -0.375 e. The molecule has 0 heterocycles. The van der Waals surface area contributed by atoms with Gasteiger partial charge >= 0.3 is 0 Å².